The Morgan fingerprint density at radius 1 is 1.38 bits per heavy atom. The number of rotatable bonds is 2. The third-order valence-electron chi connectivity index (χ3n) is 3.69. The number of aromatic nitrogens is 1. The van der Waals surface area contributed by atoms with Gasteiger partial charge in [-0.1, -0.05) is 11.6 Å². The molecule has 1 aliphatic rings. The summed E-state index contributed by atoms with van der Waals surface area (Å²) < 4.78 is 29.2. The number of benzene rings is 1. The first-order valence-electron chi connectivity index (χ1n) is 6.29. The normalized spacial score (nSPS) is 14.7. The quantitative estimate of drug-likeness (QED) is 0.866. The number of hydrogen-bond acceptors (Lipinski definition) is 2. The topological polar surface area (TPSA) is 59.3 Å². The Bertz CT molecular complexity index is 856. The highest BCUT2D eigenvalue weighted by atomic mass is 35.5. The van der Waals surface area contributed by atoms with Crippen LogP contribution in [0.4, 0.5) is 8.78 Å². The molecule has 0 aliphatic heterocycles. The van der Waals surface area contributed by atoms with Crippen LogP contribution in [0.25, 0.3) is 10.9 Å². The van der Waals surface area contributed by atoms with Crippen molar-refractivity contribution in [3.8, 4) is 0 Å². The first-order chi connectivity index (χ1) is 9.84. The Kier molecular flexibility index (Phi) is 3.02. The van der Waals surface area contributed by atoms with E-state index in [0.717, 1.165) is 12.8 Å². The highest BCUT2D eigenvalue weighted by Crippen LogP contribution is 2.39. The number of carbonyl (C=O) groups is 1. The average Bonchev–Trinajstić information content (AvgIpc) is 3.26. The predicted octanol–water partition coefficient (Wildman–Crippen LogP) is 3.27. The fraction of sp³-hybridized carbons (Fsp3) is 0.286. The van der Waals surface area contributed by atoms with Gasteiger partial charge in [0.05, 0.1) is 15.9 Å². The molecular weight excluding hydrogens is 304 g/mol. The van der Waals surface area contributed by atoms with Crippen molar-refractivity contribution >= 4 is 28.5 Å². The fourth-order valence-electron chi connectivity index (χ4n) is 2.49. The first kappa shape index (κ1) is 14.0. The zero-order valence-electron chi connectivity index (χ0n) is 10.9. The monoisotopic (exact) mass is 313 g/mol. The van der Waals surface area contributed by atoms with Crippen molar-refractivity contribution in [3.63, 3.8) is 0 Å². The first-order valence-corrected chi connectivity index (χ1v) is 6.67. The van der Waals surface area contributed by atoms with E-state index < -0.39 is 33.6 Å². The molecule has 3 rings (SSSR count). The van der Waals surface area contributed by atoms with Gasteiger partial charge in [-0.2, -0.15) is 0 Å². The molecule has 110 valence electrons. The number of hydrogen-bond donors (Lipinski definition) is 1. The van der Waals surface area contributed by atoms with Crippen molar-refractivity contribution in [3.05, 3.63) is 44.2 Å². The lowest BCUT2D eigenvalue weighted by Crippen LogP contribution is -2.20. The highest BCUT2D eigenvalue weighted by Gasteiger charge is 2.30. The van der Waals surface area contributed by atoms with Crippen LogP contribution in [-0.2, 0) is 0 Å². The molecule has 0 saturated heterocycles. The smallest absolute Gasteiger partial charge is 0.341 e. The average molecular weight is 314 g/mol. The van der Waals surface area contributed by atoms with Gasteiger partial charge in [-0.15, -0.1) is 0 Å². The van der Waals surface area contributed by atoms with E-state index in [9.17, 15) is 18.4 Å². The molecule has 7 heteroatoms. The summed E-state index contributed by atoms with van der Waals surface area (Å²) in [5.74, 6) is -3.87. The van der Waals surface area contributed by atoms with Gasteiger partial charge in [0.1, 0.15) is 5.56 Å². The Morgan fingerprint density at radius 3 is 2.52 bits per heavy atom. The minimum absolute atomic E-state index is 0.0224. The highest BCUT2D eigenvalue weighted by molar-refractivity contribution is 6.35. The molecule has 1 aliphatic carbocycles. The van der Waals surface area contributed by atoms with Crippen LogP contribution in [0.1, 0.15) is 34.8 Å². The minimum Gasteiger partial charge on any atom is -0.477 e. The lowest BCUT2D eigenvalue weighted by Gasteiger charge is -2.15. The molecule has 1 saturated carbocycles. The van der Waals surface area contributed by atoms with E-state index in [-0.39, 0.29) is 22.5 Å². The number of carboxylic acid groups (broad SMARTS) is 1. The van der Waals surface area contributed by atoms with Crippen LogP contribution in [0.5, 0.6) is 0 Å². The van der Waals surface area contributed by atoms with E-state index in [1.807, 2.05) is 0 Å². The van der Waals surface area contributed by atoms with Crippen LogP contribution in [-0.4, -0.2) is 15.6 Å². The molecule has 4 nitrogen and oxygen atoms in total. The number of pyridine rings is 1. The van der Waals surface area contributed by atoms with Gasteiger partial charge in [0, 0.05) is 17.8 Å². The largest absolute Gasteiger partial charge is 0.477 e. The molecule has 1 aromatic carbocycles. The number of carboxylic acids is 1. The summed E-state index contributed by atoms with van der Waals surface area (Å²) in [6, 6.07) is -0.0224. The van der Waals surface area contributed by atoms with Gasteiger partial charge in [-0.3, -0.25) is 4.79 Å². The van der Waals surface area contributed by atoms with Gasteiger partial charge >= 0.3 is 5.97 Å². The summed E-state index contributed by atoms with van der Waals surface area (Å²) in [6.07, 6.45) is 2.76. The Hall–Kier alpha value is -1.95. The number of aryl methyl sites for hydroxylation is 1. The van der Waals surface area contributed by atoms with E-state index in [0.29, 0.717) is 0 Å². The van der Waals surface area contributed by atoms with Crippen molar-refractivity contribution < 1.29 is 18.7 Å². The number of halogens is 3. The second kappa shape index (κ2) is 4.53. The minimum atomic E-state index is -1.42. The molecule has 0 radical (unpaired) electrons. The Labute approximate surface area is 122 Å². The summed E-state index contributed by atoms with van der Waals surface area (Å²) >= 11 is 5.76. The van der Waals surface area contributed by atoms with Gasteiger partial charge in [0.15, 0.2) is 11.6 Å². The van der Waals surface area contributed by atoms with Crippen molar-refractivity contribution in [1.82, 2.24) is 4.57 Å². The SMILES string of the molecule is Cc1c(F)c(F)c(Cl)c2c(=O)c(C(=O)O)cn(C3CC3)c12. The maximum atomic E-state index is 13.9. The molecule has 2 aromatic rings. The van der Waals surface area contributed by atoms with E-state index in [1.54, 1.807) is 0 Å². The fourth-order valence-corrected chi connectivity index (χ4v) is 2.74. The Balaban J connectivity index is 2.59. The molecule has 0 spiro atoms. The summed E-state index contributed by atoms with van der Waals surface area (Å²) in [6.45, 7) is 1.34. The maximum absolute atomic E-state index is 13.9. The van der Waals surface area contributed by atoms with Crippen LogP contribution in [0.2, 0.25) is 5.02 Å². The molecule has 0 amide bonds. The van der Waals surface area contributed by atoms with E-state index in [4.69, 9.17) is 16.7 Å². The molecule has 0 atom stereocenters. The van der Waals surface area contributed by atoms with Gasteiger partial charge in [-0.05, 0) is 19.8 Å². The second-order valence-corrected chi connectivity index (χ2v) is 5.48. The third-order valence-corrected chi connectivity index (χ3v) is 4.05. The van der Waals surface area contributed by atoms with Gasteiger partial charge in [-0.25, -0.2) is 13.6 Å². The summed E-state index contributed by atoms with van der Waals surface area (Å²) in [5.41, 5.74) is -1.28. The standard InChI is InChI=1S/C14H10ClF2NO3/c1-5-10(16)11(17)9(15)8-12(5)18(6-2-3-6)4-7(13(8)19)14(20)21/h4,6H,2-3H2,1H3,(H,20,21). The lowest BCUT2D eigenvalue weighted by molar-refractivity contribution is 0.0695. The summed E-state index contributed by atoms with van der Waals surface area (Å²) in [7, 11) is 0. The van der Waals surface area contributed by atoms with Crippen molar-refractivity contribution in [2.75, 3.05) is 0 Å². The molecule has 0 bridgehead atoms. The molecule has 1 N–H and O–H groups in total. The van der Waals surface area contributed by atoms with Crippen LogP contribution in [0.3, 0.4) is 0 Å². The maximum Gasteiger partial charge on any atom is 0.341 e. The number of aromatic carboxylic acids is 1. The Morgan fingerprint density at radius 2 is 2.00 bits per heavy atom. The number of fused-ring (bicyclic) bond motifs is 1. The molecule has 1 aromatic heterocycles. The molecular formula is C14H10ClF2NO3. The van der Waals surface area contributed by atoms with Crippen LogP contribution >= 0.6 is 11.6 Å². The zero-order valence-corrected chi connectivity index (χ0v) is 11.7. The lowest BCUT2D eigenvalue weighted by atomic mass is 10.1. The van der Waals surface area contributed by atoms with Crippen molar-refractivity contribution in [1.29, 1.82) is 0 Å². The molecule has 21 heavy (non-hydrogen) atoms. The molecule has 1 heterocycles. The number of nitrogens with zero attached hydrogens (tertiary/aromatic N) is 1. The summed E-state index contributed by atoms with van der Waals surface area (Å²) in [4.78, 5) is 23.4. The predicted molar refractivity (Wildman–Crippen MR) is 73.1 cm³/mol. The van der Waals surface area contributed by atoms with Crippen LogP contribution in [0, 0.1) is 18.6 Å². The van der Waals surface area contributed by atoms with Gasteiger partial charge < -0.3 is 9.67 Å². The summed E-state index contributed by atoms with van der Waals surface area (Å²) in [5, 5.41) is 8.16. The van der Waals surface area contributed by atoms with E-state index >= 15 is 0 Å². The van der Waals surface area contributed by atoms with Crippen molar-refractivity contribution in [2.45, 2.75) is 25.8 Å². The van der Waals surface area contributed by atoms with E-state index in [1.165, 1.54) is 17.7 Å². The van der Waals surface area contributed by atoms with Gasteiger partial charge in [0.25, 0.3) is 0 Å². The third kappa shape index (κ3) is 1.93. The van der Waals surface area contributed by atoms with Gasteiger partial charge in [0.2, 0.25) is 5.43 Å². The zero-order chi connectivity index (χ0) is 15.5. The molecule has 1 fully saturated rings. The molecule has 0 unspecified atom stereocenters. The van der Waals surface area contributed by atoms with Crippen LogP contribution in [0.15, 0.2) is 11.0 Å². The van der Waals surface area contributed by atoms with Crippen LogP contribution < -0.4 is 5.43 Å². The van der Waals surface area contributed by atoms with Crippen molar-refractivity contribution in [2.24, 2.45) is 0 Å². The second-order valence-electron chi connectivity index (χ2n) is 5.11. The van der Waals surface area contributed by atoms with E-state index in [2.05, 4.69) is 0 Å².